The number of hydrogen-bond donors (Lipinski definition) is 3. The Balaban J connectivity index is 1.74. The van der Waals surface area contributed by atoms with Crippen LogP contribution in [0.4, 0.5) is 10.1 Å². The van der Waals surface area contributed by atoms with Crippen LogP contribution >= 0.6 is 11.3 Å². The minimum Gasteiger partial charge on any atom is -0.298 e. The lowest BCUT2D eigenvalue weighted by Crippen LogP contribution is -2.36. The number of hydrazine groups is 1. The van der Waals surface area contributed by atoms with E-state index in [4.69, 9.17) is 0 Å². The fourth-order valence-electron chi connectivity index (χ4n) is 2.35. The molecule has 6 nitrogen and oxygen atoms in total. The molecule has 0 aliphatic carbocycles. The number of carbonyl (C=O) groups excluding carboxylic acids is 1. The lowest BCUT2D eigenvalue weighted by atomic mass is 10.1. The Kier molecular flexibility index (Phi) is 5.76. The normalized spacial score (nSPS) is 10.9. The topological polar surface area (TPSA) is 87.3 Å². The second-order valence-corrected chi connectivity index (χ2v) is 8.48. The van der Waals surface area contributed by atoms with Crippen LogP contribution in [0.3, 0.4) is 0 Å². The first-order valence-electron chi connectivity index (χ1n) is 8.04. The van der Waals surface area contributed by atoms with Crippen molar-refractivity contribution < 1.29 is 17.6 Å². The van der Waals surface area contributed by atoms with E-state index < -0.39 is 21.7 Å². The molecule has 144 valence electrons. The van der Waals surface area contributed by atoms with Gasteiger partial charge in [-0.15, -0.1) is 11.3 Å². The minimum absolute atomic E-state index is 0.0939. The van der Waals surface area contributed by atoms with Crippen molar-refractivity contribution in [3.05, 3.63) is 89.6 Å². The van der Waals surface area contributed by atoms with E-state index >= 15 is 0 Å². The highest BCUT2D eigenvalue weighted by Gasteiger charge is 2.19. The molecule has 0 bridgehead atoms. The molecular weight excluding hydrogens is 401 g/mol. The van der Waals surface area contributed by atoms with Gasteiger partial charge in [0, 0.05) is 5.56 Å². The smallest absolute Gasteiger partial charge is 0.271 e. The van der Waals surface area contributed by atoms with Gasteiger partial charge in [0.2, 0.25) is 0 Å². The van der Waals surface area contributed by atoms with Crippen molar-refractivity contribution in [2.24, 2.45) is 0 Å². The Morgan fingerprint density at radius 1 is 0.929 bits per heavy atom. The van der Waals surface area contributed by atoms with Crippen LogP contribution in [0.2, 0.25) is 0 Å². The van der Waals surface area contributed by atoms with Crippen LogP contribution in [0.15, 0.2) is 76.8 Å². The number of thiophene rings is 1. The maximum Gasteiger partial charge on any atom is 0.271 e. The number of para-hydroxylation sites is 1. The highest BCUT2D eigenvalue weighted by Crippen LogP contribution is 2.23. The lowest BCUT2D eigenvalue weighted by molar-refractivity contribution is 0.0943. The number of benzene rings is 2. The molecule has 9 heteroatoms. The van der Waals surface area contributed by atoms with Crippen molar-refractivity contribution in [3.63, 3.8) is 0 Å². The zero-order valence-electron chi connectivity index (χ0n) is 14.5. The Morgan fingerprint density at radius 3 is 2.29 bits per heavy atom. The van der Waals surface area contributed by atoms with Crippen LogP contribution in [-0.4, -0.2) is 14.3 Å². The summed E-state index contributed by atoms with van der Waals surface area (Å²) in [5.74, 6) is -1.10. The molecule has 3 aromatic rings. The van der Waals surface area contributed by atoms with E-state index in [1.165, 1.54) is 30.3 Å². The highest BCUT2D eigenvalue weighted by atomic mass is 32.2. The monoisotopic (exact) mass is 417 g/mol. The molecule has 0 radical (unpaired) electrons. The maximum atomic E-state index is 13.8. The van der Waals surface area contributed by atoms with Gasteiger partial charge >= 0.3 is 0 Å². The van der Waals surface area contributed by atoms with Crippen molar-refractivity contribution in [3.8, 4) is 0 Å². The third-order valence-corrected chi connectivity index (χ3v) is 6.46. The second-order valence-electron chi connectivity index (χ2n) is 5.62. The first-order valence-corrected chi connectivity index (χ1v) is 10.4. The van der Waals surface area contributed by atoms with E-state index in [0.717, 1.165) is 11.3 Å². The number of anilines is 1. The van der Waals surface area contributed by atoms with Crippen LogP contribution in [0, 0.1) is 5.82 Å². The van der Waals surface area contributed by atoms with Gasteiger partial charge in [-0.25, -0.2) is 12.8 Å². The molecular formula is C19H16FN3O3S2. The average molecular weight is 417 g/mol. The Morgan fingerprint density at radius 2 is 1.61 bits per heavy atom. The zero-order chi connectivity index (χ0) is 20.1. The molecule has 3 rings (SSSR count). The van der Waals surface area contributed by atoms with E-state index in [1.807, 2.05) is 0 Å². The largest absolute Gasteiger partial charge is 0.298 e. The quantitative estimate of drug-likeness (QED) is 0.513. The fourth-order valence-corrected chi connectivity index (χ4v) is 4.43. The van der Waals surface area contributed by atoms with Crippen LogP contribution in [0.5, 0.6) is 0 Å². The molecule has 0 aliphatic rings. The van der Waals surface area contributed by atoms with Gasteiger partial charge in [0.25, 0.3) is 15.9 Å². The number of carbonyl (C=O) groups is 1. The zero-order valence-corrected chi connectivity index (χ0v) is 16.1. The van der Waals surface area contributed by atoms with E-state index in [0.29, 0.717) is 0 Å². The molecule has 28 heavy (non-hydrogen) atoms. The van der Waals surface area contributed by atoms with E-state index in [2.05, 4.69) is 22.2 Å². The molecule has 0 unspecified atom stereocenters. The van der Waals surface area contributed by atoms with E-state index in [1.54, 1.807) is 35.7 Å². The Hall–Kier alpha value is -3.17. The third-order valence-electron chi connectivity index (χ3n) is 3.70. The van der Waals surface area contributed by atoms with E-state index in [9.17, 15) is 17.6 Å². The standard InChI is InChI=1S/C19H16FN3O3S2/c1-13(14-7-2-4-9-16(14)20)21-22-19(24)15-8-3-5-10-17(15)23-28(25,26)18-11-6-12-27-18/h2-12,21,23H,1H2,(H,22,24). The number of sulfonamides is 1. The van der Waals surface area contributed by atoms with Gasteiger partial charge in [-0.05, 0) is 35.7 Å². The summed E-state index contributed by atoms with van der Waals surface area (Å²) >= 11 is 1.07. The van der Waals surface area contributed by atoms with Crippen molar-refractivity contribution in [2.75, 3.05) is 4.72 Å². The van der Waals surface area contributed by atoms with Gasteiger partial charge < -0.3 is 0 Å². The molecule has 0 aliphatic heterocycles. The first-order chi connectivity index (χ1) is 13.4. The van der Waals surface area contributed by atoms with Gasteiger partial charge in [-0.1, -0.05) is 36.9 Å². The fraction of sp³-hybridized carbons (Fsp3) is 0. The summed E-state index contributed by atoms with van der Waals surface area (Å²) in [4.78, 5) is 12.5. The number of nitrogens with one attached hydrogen (secondary N) is 3. The predicted molar refractivity (Wildman–Crippen MR) is 108 cm³/mol. The maximum absolute atomic E-state index is 13.8. The second kappa shape index (κ2) is 8.24. The third kappa shape index (κ3) is 4.38. The number of amides is 1. The number of hydrogen-bond acceptors (Lipinski definition) is 5. The first kappa shape index (κ1) is 19.6. The van der Waals surface area contributed by atoms with Crippen molar-refractivity contribution in [2.45, 2.75) is 4.21 Å². The molecule has 0 atom stereocenters. The summed E-state index contributed by atoms with van der Waals surface area (Å²) in [5, 5.41) is 1.64. The number of rotatable bonds is 7. The van der Waals surface area contributed by atoms with Gasteiger partial charge in [0.05, 0.1) is 16.9 Å². The summed E-state index contributed by atoms with van der Waals surface area (Å²) < 4.78 is 41.2. The molecule has 2 aromatic carbocycles. The average Bonchev–Trinajstić information content (AvgIpc) is 3.22. The van der Waals surface area contributed by atoms with Gasteiger partial charge in [-0.2, -0.15) is 0 Å². The molecule has 1 amide bonds. The van der Waals surface area contributed by atoms with Crippen LogP contribution in [0.1, 0.15) is 15.9 Å². The molecule has 1 heterocycles. The lowest BCUT2D eigenvalue weighted by Gasteiger charge is -2.14. The summed E-state index contributed by atoms with van der Waals surface area (Å²) in [5.41, 5.74) is 5.51. The molecule has 3 N–H and O–H groups in total. The van der Waals surface area contributed by atoms with Crippen LogP contribution < -0.4 is 15.6 Å². The van der Waals surface area contributed by atoms with Gasteiger partial charge in [-0.3, -0.25) is 20.4 Å². The van der Waals surface area contributed by atoms with Gasteiger partial charge in [0.15, 0.2) is 0 Å². The summed E-state index contributed by atoms with van der Waals surface area (Å²) in [7, 11) is -3.80. The Labute approximate surface area is 165 Å². The summed E-state index contributed by atoms with van der Waals surface area (Å²) in [6.45, 7) is 3.69. The molecule has 0 spiro atoms. The van der Waals surface area contributed by atoms with Crippen LogP contribution in [0.25, 0.3) is 5.70 Å². The van der Waals surface area contributed by atoms with Crippen molar-refractivity contribution in [1.29, 1.82) is 0 Å². The van der Waals surface area contributed by atoms with Crippen molar-refractivity contribution in [1.82, 2.24) is 10.9 Å². The molecule has 1 aromatic heterocycles. The van der Waals surface area contributed by atoms with Crippen molar-refractivity contribution >= 4 is 38.7 Å². The predicted octanol–water partition coefficient (Wildman–Crippen LogP) is 3.59. The van der Waals surface area contributed by atoms with Gasteiger partial charge in [0.1, 0.15) is 10.0 Å². The molecule has 0 saturated carbocycles. The Bertz CT molecular complexity index is 1110. The SMILES string of the molecule is C=C(NNC(=O)c1ccccc1NS(=O)(=O)c1cccs1)c1ccccc1F. The van der Waals surface area contributed by atoms with E-state index in [-0.39, 0.29) is 26.7 Å². The number of halogens is 1. The molecule has 0 fully saturated rings. The summed E-state index contributed by atoms with van der Waals surface area (Å²) in [6.07, 6.45) is 0. The molecule has 0 saturated heterocycles. The minimum atomic E-state index is -3.80. The highest BCUT2D eigenvalue weighted by molar-refractivity contribution is 7.94. The summed E-state index contributed by atoms with van der Waals surface area (Å²) in [6, 6.07) is 15.2. The van der Waals surface area contributed by atoms with Crippen LogP contribution in [-0.2, 0) is 10.0 Å².